The van der Waals surface area contributed by atoms with Crippen molar-refractivity contribution in [1.29, 1.82) is 0 Å². The smallest absolute Gasteiger partial charge is 0.271 e. The summed E-state index contributed by atoms with van der Waals surface area (Å²) in [6.07, 6.45) is 6.94. The first-order chi connectivity index (χ1) is 16.6. The van der Waals surface area contributed by atoms with Gasteiger partial charge in [0.2, 0.25) is 0 Å². The second kappa shape index (κ2) is 9.11. The van der Waals surface area contributed by atoms with Gasteiger partial charge in [-0.2, -0.15) is 10.2 Å². The minimum absolute atomic E-state index is 0.305. The Morgan fingerprint density at radius 2 is 1.97 bits per heavy atom. The van der Waals surface area contributed by atoms with Crippen LogP contribution in [0.4, 0.5) is 0 Å². The van der Waals surface area contributed by atoms with Crippen molar-refractivity contribution in [3.63, 3.8) is 0 Å². The van der Waals surface area contributed by atoms with Gasteiger partial charge < -0.3 is 4.57 Å². The molecule has 168 valence electrons. The lowest BCUT2D eigenvalue weighted by Gasteiger charge is -2.03. The maximum Gasteiger partial charge on any atom is 0.271 e. The number of amides is 1. The summed E-state index contributed by atoms with van der Waals surface area (Å²) in [5.41, 5.74) is 8.17. The minimum Gasteiger partial charge on any atom is -0.329 e. The summed E-state index contributed by atoms with van der Waals surface area (Å²) in [7, 11) is 0. The number of hydrogen-bond donors (Lipinski definition) is 1. The summed E-state index contributed by atoms with van der Waals surface area (Å²) in [4.78, 5) is 21.5. The van der Waals surface area contributed by atoms with Gasteiger partial charge in [-0.15, -0.1) is 0 Å². The van der Waals surface area contributed by atoms with E-state index in [1.54, 1.807) is 35.4 Å². The van der Waals surface area contributed by atoms with Crippen molar-refractivity contribution in [2.45, 2.75) is 20.4 Å². The first-order valence-electron chi connectivity index (χ1n) is 11.0. The first kappa shape index (κ1) is 21.3. The molecule has 3 aromatic heterocycles. The standard InChI is InChI=1S/C26H23N7O/c1-3-32-18(2)29-23-14-19(11-12-24(23)32)26(34)30-28-16-21-17-33(22-9-5-4-6-10-22)31-25(21)20-8-7-13-27-15-20/h4-17H,3H2,1-2H3,(H,30,34). The molecule has 2 aromatic carbocycles. The molecule has 0 aliphatic heterocycles. The maximum absolute atomic E-state index is 12.7. The van der Waals surface area contributed by atoms with Crippen LogP contribution in [0.2, 0.25) is 0 Å². The molecule has 5 aromatic rings. The third-order valence-corrected chi connectivity index (χ3v) is 5.59. The average Bonchev–Trinajstić information content (AvgIpc) is 3.44. The molecule has 1 amide bonds. The molecular formula is C26H23N7O. The number of aromatic nitrogens is 5. The van der Waals surface area contributed by atoms with Crippen LogP contribution < -0.4 is 5.43 Å². The number of rotatable bonds is 6. The largest absolute Gasteiger partial charge is 0.329 e. The third kappa shape index (κ3) is 4.09. The van der Waals surface area contributed by atoms with Crippen molar-refractivity contribution >= 4 is 23.2 Å². The molecule has 0 bridgehead atoms. The van der Waals surface area contributed by atoms with Gasteiger partial charge >= 0.3 is 0 Å². The van der Waals surface area contributed by atoms with Gasteiger partial charge in [0.1, 0.15) is 11.5 Å². The number of benzene rings is 2. The summed E-state index contributed by atoms with van der Waals surface area (Å²) in [6, 6.07) is 19.1. The first-order valence-corrected chi connectivity index (χ1v) is 11.0. The van der Waals surface area contributed by atoms with Crippen molar-refractivity contribution in [3.05, 3.63) is 96.2 Å². The van der Waals surface area contributed by atoms with Gasteiger partial charge in [-0.25, -0.2) is 15.1 Å². The number of hydrogen-bond acceptors (Lipinski definition) is 5. The molecule has 34 heavy (non-hydrogen) atoms. The summed E-state index contributed by atoms with van der Waals surface area (Å²) < 4.78 is 3.89. The summed E-state index contributed by atoms with van der Waals surface area (Å²) in [5.74, 6) is 0.617. The molecule has 0 aliphatic carbocycles. The Morgan fingerprint density at radius 3 is 2.74 bits per heavy atom. The molecule has 0 saturated heterocycles. The minimum atomic E-state index is -0.305. The molecule has 0 saturated carbocycles. The van der Waals surface area contributed by atoms with E-state index in [2.05, 4.69) is 32.0 Å². The number of nitrogens with zero attached hydrogens (tertiary/aromatic N) is 6. The molecule has 0 spiro atoms. The van der Waals surface area contributed by atoms with Crippen LogP contribution in [-0.4, -0.2) is 36.4 Å². The van der Waals surface area contributed by atoms with E-state index in [1.807, 2.05) is 61.7 Å². The molecule has 0 aliphatic rings. The lowest BCUT2D eigenvalue weighted by atomic mass is 10.1. The number of hydrazone groups is 1. The van der Waals surface area contributed by atoms with E-state index in [9.17, 15) is 4.79 Å². The zero-order valence-electron chi connectivity index (χ0n) is 18.9. The number of pyridine rings is 1. The zero-order chi connectivity index (χ0) is 23.5. The summed E-state index contributed by atoms with van der Waals surface area (Å²) in [5, 5.41) is 8.93. The van der Waals surface area contributed by atoms with Crippen molar-refractivity contribution in [2.75, 3.05) is 0 Å². The van der Waals surface area contributed by atoms with Crippen LogP contribution in [0.1, 0.15) is 28.7 Å². The van der Waals surface area contributed by atoms with Crippen LogP contribution in [0, 0.1) is 6.92 Å². The molecule has 0 atom stereocenters. The van der Waals surface area contributed by atoms with Gasteiger partial charge in [0, 0.05) is 41.8 Å². The third-order valence-electron chi connectivity index (χ3n) is 5.59. The molecule has 5 rings (SSSR count). The Hall–Kier alpha value is -4.59. The van der Waals surface area contributed by atoms with E-state index in [0.717, 1.165) is 45.9 Å². The number of nitrogens with one attached hydrogen (secondary N) is 1. The Balaban J connectivity index is 1.41. The van der Waals surface area contributed by atoms with Gasteiger partial charge in [-0.3, -0.25) is 9.78 Å². The topological polar surface area (TPSA) is 90.0 Å². The lowest BCUT2D eigenvalue weighted by Crippen LogP contribution is -2.17. The van der Waals surface area contributed by atoms with Crippen LogP contribution in [-0.2, 0) is 6.54 Å². The molecule has 1 N–H and O–H groups in total. The van der Waals surface area contributed by atoms with Crippen LogP contribution in [0.5, 0.6) is 0 Å². The van der Waals surface area contributed by atoms with Crippen LogP contribution in [0.3, 0.4) is 0 Å². The van der Waals surface area contributed by atoms with E-state index in [-0.39, 0.29) is 5.91 Å². The molecule has 8 nitrogen and oxygen atoms in total. The molecule has 3 heterocycles. The van der Waals surface area contributed by atoms with Crippen molar-refractivity contribution < 1.29 is 4.79 Å². The van der Waals surface area contributed by atoms with E-state index in [0.29, 0.717) is 5.56 Å². The zero-order valence-corrected chi connectivity index (χ0v) is 18.9. The highest BCUT2D eigenvalue weighted by Crippen LogP contribution is 2.22. The fraction of sp³-hybridized carbons (Fsp3) is 0.115. The van der Waals surface area contributed by atoms with Gasteiger partial charge in [0.15, 0.2) is 0 Å². The molecule has 8 heteroatoms. The second-order valence-corrected chi connectivity index (χ2v) is 7.76. The van der Waals surface area contributed by atoms with Crippen molar-refractivity contribution in [3.8, 4) is 16.9 Å². The number of para-hydroxylation sites is 1. The number of carbonyl (C=O) groups is 1. The van der Waals surface area contributed by atoms with Crippen molar-refractivity contribution in [1.82, 2.24) is 29.7 Å². The van der Waals surface area contributed by atoms with Crippen LogP contribution in [0.25, 0.3) is 28.0 Å². The monoisotopic (exact) mass is 449 g/mol. The Bertz CT molecular complexity index is 1480. The molecule has 0 fully saturated rings. The predicted molar refractivity (Wildman–Crippen MR) is 132 cm³/mol. The van der Waals surface area contributed by atoms with Crippen LogP contribution >= 0.6 is 0 Å². The van der Waals surface area contributed by atoms with E-state index in [4.69, 9.17) is 5.10 Å². The number of fused-ring (bicyclic) bond motifs is 1. The molecule has 0 unspecified atom stereocenters. The van der Waals surface area contributed by atoms with E-state index < -0.39 is 0 Å². The predicted octanol–water partition coefficient (Wildman–Crippen LogP) is 4.38. The van der Waals surface area contributed by atoms with E-state index in [1.165, 1.54) is 0 Å². The lowest BCUT2D eigenvalue weighted by molar-refractivity contribution is 0.0955. The SMILES string of the molecule is CCn1c(C)nc2cc(C(=O)NN=Cc3cn(-c4ccccc4)nc3-c3cccnc3)ccc21. The Morgan fingerprint density at radius 1 is 1.12 bits per heavy atom. The average molecular weight is 450 g/mol. The number of carbonyl (C=O) groups excluding carboxylic acids is 1. The van der Waals surface area contributed by atoms with E-state index >= 15 is 0 Å². The molecule has 0 radical (unpaired) electrons. The Kier molecular flexibility index (Phi) is 5.70. The highest BCUT2D eigenvalue weighted by molar-refractivity contribution is 5.98. The van der Waals surface area contributed by atoms with Gasteiger partial charge in [0.05, 0.1) is 22.9 Å². The van der Waals surface area contributed by atoms with Gasteiger partial charge in [0.25, 0.3) is 5.91 Å². The maximum atomic E-state index is 12.7. The number of imidazole rings is 1. The summed E-state index contributed by atoms with van der Waals surface area (Å²) >= 11 is 0. The summed E-state index contributed by atoms with van der Waals surface area (Å²) in [6.45, 7) is 4.86. The quantitative estimate of drug-likeness (QED) is 0.308. The van der Waals surface area contributed by atoms with Gasteiger partial charge in [-0.05, 0) is 56.3 Å². The van der Waals surface area contributed by atoms with Crippen LogP contribution in [0.15, 0.2) is 84.4 Å². The highest BCUT2D eigenvalue weighted by Gasteiger charge is 2.13. The molecular weight excluding hydrogens is 426 g/mol. The Labute approximate surface area is 196 Å². The fourth-order valence-electron chi connectivity index (χ4n) is 3.94. The fourth-order valence-corrected chi connectivity index (χ4v) is 3.94. The van der Waals surface area contributed by atoms with Gasteiger partial charge in [-0.1, -0.05) is 18.2 Å². The highest BCUT2D eigenvalue weighted by atomic mass is 16.2. The van der Waals surface area contributed by atoms with Crippen molar-refractivity contribution in [2.24, 2.45) is 5.10 Å². The number of aryl methyl sites for hydroxylation is 2. The second-order valence-electron chi connectivity index (χ2n) is 7.76. The normalized spacial score (nSPS) is 11.4.